The zero-order chi connectivity index (χ0) is 25.0. The zero-order valence-electron chi connectivity index (χ0n) is 18.1. The fourth-order valence-electron chi connectivity index (χ4n) is 3.24. The molecule has 0 aromatic heterocycles. The molecule has 0 atom stereocenters. The highest BCUT2D eigenvalue weighted by Crippen LogP contribution is 2.53. The first kappa shape index (κ1) is 38.6. The van der Waals surface area contributed by atoms with Crippen molar-refractivity contribution in [2.45, 2.75) is 44.0 Å². The number of hydrogen-bond acceptors (Lipinski definition) is 16. The van der Waals surface area contributed by atoms with E-state index in [0.29, 0.717) is 18.3 Å². The summed E-state index contributed by atoms with van der Waals surface area (Å²) in [6.45, 7) is 0. The third kappa shape index (κ3) is 19.4. The van der Waals surface area contributed by atoms with Gasteiger partial charge >= 0.3 is 0 Å². The van der Waals surface area contributed by atoms with Crippen molar-refractivity contribution < 1.29 is 0 Å². The molecule has 0 spiro atoms. The minimum Gasteiger partial charge on any atom is -0.168 e. The van der Waals surface area contributed by atoms with Crippen molar-refractivity contribution >= 4 is 195 Å². The smallest absolute Gasteiger partial charge is 0.0524 e. The molecule has 0 saturated carbocycles. The van der Waals surface area contributed by atoms with Gasteiger partial charge in [0.25, 0.3) is 0 Å². The van der Waals surface area contributed by atoms with Crippen molar-refractivity contribution in [2.24, 2.45) is 5.41 Å². The molecule has 200 valence electrons. The topological polar surface area (TPSA) is 0 Å². The van der Waals surface area contributed by atoms with Crippen LogP contribution in [0.5, 0.6) is 0 Å². The van der Waals surface area contributed by atoms with Gasteiger partial charge in [0.05, 0.1) is 18.3 Å². The highest BCUT2D eigenvalue weighted by molar-refractivity contribution is 8.25. The molecular formula is C17H36S16. The van der Waals surface area contributed by atoms with Crippen LogP contribution in [-0.4, -0.2) is 59.0 Å². The molecule has 0 N–H and O–H groups in total. The first-order valence-electron chi connectivity index (χ1n) is 9.77. The van der Waals surface area contributed by atoms with Crippen molar-refractivity contribution in [3.05, 3.63) is 0 Å². The van der Waals surface area contributed by atoms with Gasteiger partial charge in [0.15, 0.2) is 0 Å². The maximum Gasteiger partial charge on any atom is 0.0524 e. The standard InChI is InChI=1S/C17H36S16/c18-5-26-13(27-6-19)1-17(2-14(28-7-20)29-8-21,3-15(30-9-22)31-10-23)4-16(32-11-24)33-12-25/h13-16,18-25H,1-12H2. The Hall–Kier alpha value is 5.60. The van der Waals surface area contributed by atoms with Crippen molar-refractivity contribution in [3.8, 4) is 0 Å². The SMILES string of the molecule is SCSC(CC(CC(SCS)SCS)(CC(SCS)SCS)CC(SCS)SCS)SCS. The van der Waals surface area contributed by atoms with Gasteiger partial charge in [-0.25, -0.2) is 0 Å². The number of hydrogen-bond donors (Lipinski definition) is 8. The van der Waals surface area contributed by atoms with E-state index in [-0.39, 0.29) is 5.41 Å². The van der Waals surface area contributed by atoms with Crippen LogP contribution < -0.4 is 0 Å². The molecule has 0 rings (SSSR count). The maximum atomic E-state index is 4.55. The van der Waals surface area contributed by atoms with E-state index in [4.69, 9.17) is 0 Å². The van der Waals surface area contributed by atoms with E-state index in [2.05, 4.69) is 101 Å². The van der Waals surface area contributed by atoms with Gasteiger partial charge in [-0.3, -0.25) is 0 Å². The van der Waals surface area contributed by atoms with Gasteiger partial charge < -0.3 is 0 Å². The summed E-state index contributed by atoms with van der Waals surface area (Å²) in [5.41, 5.74) is 0.153. The molecule has 0 aliphatic carbocycles. The van der Waals surface area contributed by atoms with Crippen molar-refractivity contribution in [3.63, 3.8) is 0 Å². The van der Waals surface area contributed by atoms with E-state index in [1.54, 1.807) is 0 Å². The fraction of sp³-hybridized carbons (Fsp3) is 1.00. The minimum absolute atomic E-state index is 0.153. The summed E-state index contributed by atoms with van der Waals surface area (Å²) in [7, 11) is 0. The third-order valence-corrected chi connectivity index (χ3v) is 16.8. The first-order valence-corrected chi connectivity index (χ1v) is 23.2. The lowest BCUT2D eigenvalue weighted by atomic mass is 9.77. The lowest BCUT2D eigenvalue weighted by molar-refractivity contribution is 0.234. The molecule has 0 aromatic carbocycles. The first-order chi connectivity index (χ1) is 16.0. The quantitative estimate of drug-likeness (QED) is 0.0358. The molecule has 0 nitrogen and oxygen atoms in total. The van der Waals surface area contributed by atoms with Gasteiger partial charge in [0.1, 0.15) is 0 Å². The molecule has 0 heterocycles. The lowest BCUT2D eigenvalue weighted by Gasteiger charge is -2.42. The predicted molar refractivity (Wildman–Crippen MR) is 208 cm³/mol. The van der Waals surface area contributed by atoms with E-state index in [1.807, 2.05) is 94.1 Å². The molecule has 0 fully saturated rings. The predicted octanol–water partition coefficient (Wildman–Crippen LogP) is 9.80. The second-order valence-corrected chi connectivity index (χ2v) is 23.1. The zero-order valence-corrected chi connectivity index (χ0v) is 31.8. The Morgan fingerprint density at radius 3 is 0.606 bits per heavy atom. The highest BCUT2D eigenvalue weighted by Gasteiger charge is 2.40. The van der Waals surface area contributed by atoms with Crippen LogP contribution in [0.2, 0.25) is 0 Å². The van der Waals surface area contributed by atoms with Gasteiger partial charge in [-0.2, -0.15) is 101 Å². The Morgan fingerprint density at radius 1 is 0.333 bits per heavy atom. The van der Waals surface area contributed by atoms with Crippen LogP contribution in [0.3, 0.4) is 0 Å². The molecular weight excluding hydrogens is 717 g/mol. The van der Waals surface area contributed by atoms with Gasteiger partial charge in [-0.15, -0.1) is 94.1 Å². The van der Waals surface area contributed by atoms with E-state index >= 15 is 0 Å². The lowest BCUT2D eigenvalue weighted by Crippen LogP contribution is -2.33. The Kier molecular flexibility index (Phi) is 31.0. The number of rotatable bonds is 24. The molecule has 0 saturated heterocycles. The molecule has 0 radical (unpaired) electrons. The second kappa shape index (κ2) is 26.5. The molecule has 0 amide bonds. The number of thiol groups is 8. The normalized spacial score (nSPS) is 12.7. The van der Waals surface area contributed by atoms with Crippen LogP contribution in [0, 0.1) is 5.41 Å². The van der Waals surface area contributed by atoms with E-state index in [0.717, 1.165) is 66.4 Å². The largest absolute Gasteiger partial charge is 0.168 e. The van der Waals surface area contributed by atoms with Crippen molar-refractivity contribution in [2.75, 3.05) is 40.7 Å². The van der Waals surface area contributed by atoms with Crippen molar-refractivity contribution in [1.82, 2.24) is 0 Å². The monoisotopic (exact) mass is 752 g/mol. The molecule has 16 heteroatoms. The van der Waals surface area contributed by atoms with Crippen molar-refractivity contribution in [1.29, 1.82) is 0 Å². The van der Waals surface area contributed by atoms with Gasteiger partial charge in [-0.05, 0) is 31.1 Å². The van der Waals surface area contributed by atoms with E-state index < -0.39 is 0 Å². The summed E-state index contributed by atoms with van der Waals surface area (Å²) in [4.78, 5) is 0. The Bertz CT molecular complexity index is 328. The van der Waals surface area contributed by atoms with Crippen LogP contribution in [0.1, 0.15) is 25.7 Å². The van der Waals surface area contributed by atoms with E-state index in [1.165, 1.54) is 0 Å². The van der Waals surface area contributed by atoms with Crippen LogP contribution in [0.25, 0.3) is 0 Å². The minimum atomic E-state index is 0.153. The summed E-state index contributed by atoms with van der Waals surface area (Å²) >= 11 is 51.9. The summed E-state index contributed by atoms with van der Waals surface area (Å²) in [5, 5.41) is 6.57. The molecule has 0 aliphatic rings. The second-order valence-electron chi connectivity index (χ2n) is 6.40. The summed E-state index contributed by atoms with van der Waals surface area (Å²) in [5.74, 6) is 0. The molecule has 0 bridgehead atoms. The fourth-order valence-corrected chi connectivity index (χ4v) is 18.3. The van der Waals surface area contributed by atoms with Crippen LogP contribution in [0.15, 0.2) is 0 Å². The Morgan fingerprint density at radius 2 is 0.485 bits per heavy atom. The average Bonchev–Trinajstić information content (AvgIpc) is 2.75. The summed E-state index contributed by atoms with van der Waals surface area (Å²) in [6, 6.07) is 0. The molecule has 0 aromatic rings. The molecule has 0 aliphatic heterocycles. The molecule has 33 heavy (non-hydrogen) atoms. The van der Waals surface area contributed by atoms with Gasteiger partial charge in [0, 0.05) is 40.7 Å². The summed E-state index contributed by atoms with van der Waals surface area (Å²) in [6.07, 6.45) is 4.53. The van der Waals surface area contributed by atoms with Gasteiger partial charge in [-0.1, -0.05) is 0 Å². The summed E-state index contributed by atoms with van der Waals surface area (Å²) < 4.78 is 1.86. The van der Waals surface area contributed by atoms with Crippen LogP contribution in [-0.2, 0) is 0 Å². The molecule has 0 unspecified atom stereocenters. The highest BCUT2D eigenvalue weighted by atomic mass is 32.3. The Labute approximate surface area is 281 Å². The maximum absolute atomic E-state index is 4.55. The van der Waals surface area contributed by atoms with Gasteiger partial charge in [0.2, 0.25) is 0 Å². The van der Waals surface area contributed by atoms with E-state index in [9.17, 15) is 0 Å². The average molecular weight is 754 g/mol. The van der Waals surface area contributed by atoms with Crippen LogP contribution >= 0.6 is 195 Å². The number of thioether (sulfide) groups is 8. The van der Waals surface area contributed by atoms with Crippen LogP contribution in [0.4, 0.5) is 0 Å². The third-order valence-electron chi connectivity index (χ3n) is 4.48. The Balaban J connectivity index is 6.26.